The highest BCUT2D eigenvalue weighted by atomic mass is 32.2. The first-order chi connectivity index (χ1) is 12.5. The Morgan fingerprint density at radius 2 is 1.93 bits per heavy atom. The Morgan fingerprint density at radius 1 is 1.22 bits per heavy atom. The maximum absolute atomic E-state index is 11.9. The minimum Gasteiger partial charge on any atom is -0.444 e. The van der Waals surface area contributed by atoms with Crippen LogP contribution in [0.4, 0.5) is 4.79 Å². The van der Waals surface area contributed by atoms with Crippen LogP contribution in [0.2, 0.25) is 0 Å². The molecule has 156 valence electrons. The summed E-state index contributed by atoms with van der Waals surface area (Å²) in [6.45, 7) is 8.79. The molecule has 0 saturated carbocycles. The minimum atomic E-state index is -3.11. The van der Waals surface area contributed by atoms with E-state index in [-0.39, 0.29) is 12.0 Å². The molecule has 0 bridgehead atoms. The Kier molecular flexibility index (Phi) is 6.96. The van der Waals surface area contributed by atoms with Gasteiger partial charge in [0.1, 0.15) is 5.60 Å². The standard InChI is InChI=1S/C17H33N5O4S/c1-17(2,3)26-16(23)20-14-7-8-21(12-14)15(18-4)19-10-13-6-9-22(11-13)27(5,24)25/h13-14H,6-12H2,1-5H3,(H,18,19)(H,20,23)/t13?,14-/m1/s1. The second-order valence-electron chi connectivity index (χ2n) is 8.28. The zero-order valence-electron chi connectivity index (χ0n) is 17.0. The average Bonchev–Trinajstić information content (AvgIpc) is 3.15. The third kappa shape index (κ3) is 6.84. The van der Waals surface area contributed by atoms with Crippen LogP contribution in [-0.2, 0) is 14.8 Å². The molecular weight excluding hydrogens is 370 g/mol. The first-order valence-electron chi connectivity index (χ1n) is 9.38. The number of hydrogen-bond donors (Lipinski definition) is 2. The van der Waals surface area contributed by atoms with Crippen molar-refractivity contribution in [3.8, 4) is 0 Å². The lowest BCUT2D eigenvalue weighted by atomic mass is 10.1. The topological polar surface area (TPSA) is 103 Å². The van der Waals surface area contributed by atoms with E-state index in [4.69, 9.17) is 4.74 Å². The molecule has 2 atom stereocenters. The van der Waals surface area contributed by atoms with E-state index in [1.54, 1.807) is 7.05 Å². The van der Waals surface area contributed by atoms with Crippen molar-refractivity contribution in [1.82, 2.24) is 19.8 Å². The molecular formula is C17H33N5O4S. The van der Waals surface area contributed by atoms with Crippen molar-refractivity contribution in [1.29, 1.82) is 0 Å². The van der Waals surface area contributed by atoms with Gasteiger partial charge in [-0.3, -0.25) is 4.99 Å². The van der Waals surface area contributed by atoms with Crippen molar-refractivity contribution in [2.75, 3.05) is 46.0 Å². The predicted octanol–water partition coefficient (Wildman–Crippen LogP) is 0.442. The molecule has 2 aliphatic heterocycles. The molecule has 9 nitrogen and oxygen atoms in total. The fourth-order valence-corrected chi connectivity index (χ4v) is 4.30. The van der Waals surface area contributed by atoms with Crippen LogP contribution in [0.15, 0.2) is 4.99 Å². The lowest BCUT2D eigenvalue weighted by Gasteiger charge is -2.24. The van der Waals surface area contributed by atoms with Crippen molar-refractivity contribution in [2.45, 2.75) is 45.3 Å². The maximum atomic E-state index is 11.9. The quantitative estimate of drug-likeness (QED) is 0.522. The summed E-state index contributed by atoms with van der Waals surface area (Å²) in [4.78, 5) is 18.4. The van der Waals surface area contributed by atoms with Crippen LogP contribution in [-0.4, -0.2) is 87.3 Å². The third-order valence-electron chi connectivity index (χ3n) is 4.69. The van der Waals surface area contributed by atoms with E-state index < -0.39 is 21.7 Å². The Balaban J connectivity index is 1.78. The number of likely N-dealkylation sites (tertiary alicyclic amines) is 1. The van der Waals surface area contributed by atoms with Crippen molar-refractivity contribution >= 4 is 22.1 Å². The average molecular weight is 404 g/mol. The van der Waals surface area contributed by atoms with E-state index in [1.165, 1.54) is 10.6 Å². The maximum Gasteiger partial charge on any atom is 0.407 e. The Hall–Kier alpha value is -1.55. The van der Waals surface area contributed by atoms with Gasteiger partial charge in [0.25, 0.3) is 0 Å². The number of alkyl carbamates (subject to hydrolysis) is 1. The predicted molar refractivity (Wildman–Crippen MR) is 105 cm³/mol. The van der Waals surface area contributed by atoms with Crippen LogP contribution in [0.5, 0.6) is 0 Å². The molecule has 0 aromatic carbocycles. The molecule has 0 aromatic heterocycles. The van der Waals surface area contributed by atoms with Crippen LogP contribution >= 0.6 is 0 Å². The summed E-state index contributed by atoms with van der Waals surface area (Å²) in [6, 6.07) is 0.0191. The van der Waals surface area contributed by atoms with Gasteiger partial charge in [-0.15, -0.1) is 0 Å². The summed E-state index contributed by atoms with van der Waals surface area (Å²) >= 11 is 0. The summed E-state index contributed by atoms with van der Waals surface area (Å²) in [5.74, 6) is 1.05. The molecule has 1 unspecified atom stereocenters. The van der Waals surface area contributed by atoms with Gasteiger partial charge in [0.2, 0.25) is 10.0 Å². The zero-order valence-corrected chi connectivity index (χ0v) is 17.8. The summed E-state index contributed by atoms with van der Waals surface area (Å²) in [6.07, 6.45) is 2.53. The van der Waals surface area contributed by atoms with Crippen molar-refractivity contribution in [3.63, 3.8) is 0 Å². The normalized spacial score (nSPS) is 24.9. The Morgan fingerprint density at radius 3 is 2.48 bits per heavy atom. The van der Waals surface area contributed by atoms with Crippen LogP contribution in [0.25, 0.3) is 0 Å². The second kappa shape index (κ2) is 8.64. The monoisotopic (exact) mass is 403 g/mol. The number of nitrogens with zero attached hydrogens (tertiary/aromatic N) is 3. The van der Waals surface area contributed by atoms with Crippen LogP contribution in [0.3, 0.4) is 0 Å². The van der Waals surface area contributed by atoms with E-state index >= 15 is 0 Å². The van der Waals surface area contributed by atoms with E-state index in [9.17, 15) is 13.2 Å². The van der Waals surface area contributed by atoms with Gasteiger partial charge < -0.3 is 20.3 Å². The van der Waals surface area contributed by atoms with Gasteiger partial charge in [0.15, 0.2) is 5.96 Å². The highest BCUT2D eigenvalue weighted by Gasteiger charge is 2.30. The molecule has 0 aromatic rings. The Labute approximate surface area is 162 Å². The molecule has 2 aliphatic rings. The zero-order chi connectivity index (χ0) is 20.2. The van der Waals surface area contributed by atoms with E-state index in [1.807, 2.05) is 20.8 Å². The molecule has 2 rings (SSSR count). The van der Waals surface area contributed by atoms with Gasteiger partial charge >= 0.3 is 6.09 Å². The molecule has 0 aliphatic carbocycles. The molecule has 1 amide bonds. The van der Waals surface area contributed by atoms with Crippen LogP contribution in [0.1, 0.15) is 33.6 Å². The minimum absolute atomic E-state index is 0.0191. The van der Waals surface area contributed by atoms with E-state index in [0.29, 0.717) is 26.2 Å². The van der Waals surface area contributed by atoms with E-state index in [0.717, 1.165) is 25.3 Å². The number of guanidine groups is 1. The molecule has 2 fully saturated rings. The molecule has 0 spiro atoms. The number of sulfonamides is 1. The number of aliphatic imine (C=N–C) groups is 1. The van der Waals surface area contributed by atoms with E-state index in [2.05, 4.69) is 20.5 Å². The van der Waals surface area contributed by atoms with Crippen LogP contribution < -0.4 is 10.6 Å². The number of hydrogen-bond acceptors (Lipinski definition) is 5. The van der Waals surface area contributed by atoms with Gasteiger partial charge in [0.05, 0.1) is 12.3 Å². The first-order valence-corrected chi connectivity index (χ1v) is 11.2. The SMILES string of the molecule is CN=C(NCC1CCN(S(C)(=O)=O)C1)N1CC[C@@H](NC(=O)OC(C)(C)C)C1. The summed E-state index contributed by atoms with van der Waals surface area (Å²) in [5.41, 5.74) is -0.513. The fraction of sp³-hybridized carbons (Fsp3) is 0.882. The lowest BCUT2D eigenvalue weighted by Crippen LogP contribution is -2.45. The number of rotatable bonds is 4. The molecule has 2 N–H and O–H groups in total. The van der Waals surface area contributed by atoms with Crippen molar-refractivity contribution < 1.29 is 17.9 Å². The summed E-state index contributed by atoms with van der Waals surface area (Å²) < 4.78 is 30.1. The summed E-state index contributed by atoms with van der Waals surface area (Å²) in [5, 5.41) is 6.25. The number of ether oxygens (including phenoxy) is 1. The van der Waals surface area contributed by atoms with Gasteiger partial charge in [-0.1, -0.05) is 0 Å². The number of nitrogens with one attached hydrogen (secondary N) is 2. The van der Waals surface area contributed by atoms with Gasteiger partial charge in [0, 0.05) is 39.8 Å². The lowest BCUT2D eigenvalue weighted by molar-refractivity contribution is 0.0507. The smallest absolute Gasteiger partial charge is 0.407 e. The second-order valence-corrected chi connectivity index (χ2v) is 10.3. The summed E-state index contributed by atoms with van der Waals surface area (Å²) in [7, 11) is -1.38. The fourth-order valence-electron chi connectivity index (χ4n) is 3.38. The number of amides is 1. The highest BCUT2D eigenvalue weighted by molar-refractivity contribution is 7.88. The number of carbonyl (C=O) groups excluding carboxylic acids is 1. The Bertz CT molecular complexity index is 659. The first kappa shape index (κ1) is 21.7. The van der Waals surface area contributed by atoms with Gasteiger partial charge in [-0.25, -0.2) is 17.5 Å². The largest absolute Gasteiger partial charge is 0.444 e. The van der Waals surface area contributed by atoms with Gasteiger partial charge in [-0.2, -0.15) is 0 Å². The molecule has 27 heavy (non-hydrogen) atoms. The third-order valence-corrected chi connectivity index (χ3v) is 5.96. The van der Waals surface area contributed by atoms with Crippen molar-refractivity contribution in [2.24, 2.45) is 10.9 Å². The van der Waals surface area contributed by atoms with Crippen molar-refractivity contribution in [3.05, 3.63) is 0 Å². The highest BCUT2D eigenvalue weighted by Crippen LogP contribution is 2.18. The molecule has 10 heteroatoms. The molecule has 0 radical (unpaired) electrons. The molecule has 2 saturated heterocycles. The van der Waals surface area contributed by atoms with Gasteiger partial charge in [-0.05, 0) is 39.5 Å². The molecule has 2 heterocycles. The van der Waals surface area contributed by atoms with Crippen LogP contribution in [0, 0.1) is 5.92 Å². The number of carbonyl (C=O) groups is 1.